The van der Waals surface area contributed by atoms with Crippen LogP contribution in [0.5, 0.6) is 0 Å². The van der Waals surface area contributed by atoms with Gasteiger partial charge in [-0.1, -0.05) is 349 Å². The minimum absolute atomic E-state index is 0.0933. The van der Waals surface area contributed by atoms with Crippen LogP contribution >= 0.6 is 0 Å². The Bertz CT molecular complexity index is 7720. The van der Waals surface area contributed by atoms with E-state index in [-0.39, 0.29) is 21.7 Å². The normalized spacial score (nSPS) is 21.9. The number of fused-ring (bicyclic) bond motifs is 12. The Morgan fingerprint density at radius 1 is 0.154 bits per heavy atom. The Morgan fingerprint density at radius 3 is 0.750 bits per heavy atom. The Balaban J connectivity index is 0.000000138. The maximum absolute atomic E-state index is 2.56. The number of anilines is 6. The highest BCUT2D eigenvalue weighted by Crippen LogP contribution is 2.72. The highest BCUT2D eigenvalue weighted by molar-refractivity contribution is 5.95. The molecule has 2 spiro atoms. The Morgan fingerprint density at radius 2 is 0.382 bits per heavy atom. The molecular formula is C134H110N2. The highest BCUT2D eigenvalue weighted by Gasteiger charge is 2.63. The first kappa shape index (κ1) is 81.1. The lowest BCUT2D eigenvalue weighted by molar-refractivity contribution is -0.0399. The lowest BCUT2D eigenvalue weighted by Gasteiger charge is -2.61. The van der Waals surface area contributed by atoms with Gasteiger partial charge in [-0.25, -0.2) is 0 Å². The van der Waals surface area contributed by atoms with E-state index in [0.29, 0.717) is 0 Å². The average molecular weight is 1750 g/mol. The molecule has 0 radical (unpaired) electrons. The molecule has 656 valence electrons. The largest absolute Gasteiger partial charge is 0.310 e. The molecular weight excluding hydrogens is 1640 g/mol. The molecule has 0 atom stereocenters. The molecule has 8 fully saturated rings. The molecule has 30 rings (SSSR count). The monoisotopic (exact) mass is 1750 g/mol. The number of hydrogen-bond acceptors (Lipinski definition) is 2. The third kappa shape index (κ3) is 12.8. The minimum atomic E-state index is -0.0958. The smallest absolute Gasteiger partial charge is 0.0465 e. The van der Waals surface area contributed by atoms with Gasteiger partial charge in [0.2, 0.25) is 0 Å². The van der Waals surface area contributed by atoms with E-state index < -0.39 is 0 Å². The first-order valence-corrected chi connectivity index (χ1v) is 50.3. The summed E-state index contributed by atoms with van der Waals surface area (Å²) in [5.41, 5.74) is 50.2. The van der Waals surface area contributed by atoms with Crippen molar-refractivity contribution in [1.29, 1.82) is 0 Å². The Labute approximate surface area is 801 Å². The van der Waals surface area contributed by atoms with Crippen LogP contribution in [0, 0.1) is 47.3 Å². The predicted molar refractivity (Wildman–Crippen MR) is 567 cm³/mol. The summed E-state index contributed by atoms with van der Waals surface area (Å²) < 4.78 is 0. The summed E-state index contributed by atoms with van der Waals surface area (Å²) in [4.78, 5) is 4.84. The number of rotatable bonds is 14. The third-order valence-electron chi connectivity index (χ3n) is 34.9. The lowest BCUT2D eigenvalue weighted by Crippen LogP contribution is -2.55. The van der Waals surface area contributed by atoms with Crippen LogP contribution in [0.25, 0.3) is 134 Å². The SMILES string of the molecule is CC1(C)c2ccccc2-c2ccc(N(c3ccc(-c4ccccc4)cc3)c3ccc(-c4cccc(-c5cccc(-c6ccc7c(c6)-c6ccccc6C76C7CC8CC(C7)CC6C8)c5)c4)cc3)cc21.CC1(C)c2ccccc2-c2ccc(N(c3ccc(-c4ccccc4)cc3)c3ccc(-c4cccc(-c5ccccc5-c5ccc6c(c5)-c5ccccc5C65C6CC7CC(C6)CC5C7)c4)cc3)cc21. The van der Waals surface area contributed by atoms with E-state index in [1.165, 1.54) is 220 Å². The second-order valence-electron chi connectivity index (χ2n) is 42.6. The van der Waals surface area contributed by atoms with Gasteiger partial charge in [0.25, 0.3) is 0 Å². The topological polar surface area (TPSA) is 6.48 Å². The number of nitrogens with zero attached hydrogens (tertiary/aromatic N) is 2. The maximum atomic E-state index is 2.56. The summed E-state index contributed by atoms with van der Waals surface area (Å²) >= 11 is 0. The van der Waals surface area contributed by atoms with Crippen molar-refractivity contribution in [3.63, 3.8) is 0 Å². The van der Waals surface area contributed by atoms with Crippen molar-refractivity contribution in [2.24, 2.45) is 47.3 Å². The van der Waals surface area contributed by atoms with Crippen LogP contribution in [0.2, 0.25) is 0 Å². The van der Waals surface area contributed by atoms with Gasteiger partial charge in [-0.3, -0.25) is 0 Å². The van der Waals surface area contributed by atoms with Crippen LogP contribution in [0.1, 0.15) is 136 Å². The van der Waals surface area contributed by atoms with Gasteiger partial charge in [-0.2, -0.15) is 0 Å². The molecule has 0 heterocycles. The molecule has 8 saturated carbocycles. The number of benzene rings is 18. The van der Waals surface area contributed by atoms with Crippen molar-refractivity contribution in [2.75, 3.05) is 9.80 Å². The van der Waals surface area contributed by atoms with Gasteiger partial charge < -0.3 is 9.80 Å². The molecule has 2 nitrogen and oxygen atoms in total. The van der Waals surface area contributed by atoms with Crippen LogP contribution < -0.4 is 9.80 Å². The van der Waals surface area contributed by atoms with Crippen LogP contribution in [0.3, 0.4) is 0 Å². The molecule has 0 N–H and O–H groups in total. The summed E-state index contributed by atoms with van der Waals surface area (Å²) in [6.45, 7) is 9.46. The molecule has 136 heavy (non-hydrogen) atoms. The van der Waals surface area contributed by atoms with E-state index in [0.717, 1.165) is 81.5 Å². The molecule has 18 aromatic rings. The van der Waals surface area contributed by atoms with Gasteiger partial charge in [-0.05, 0) is 393 Å². The second-order valence-corrected chi connectivity index (χ2v) is 42.6. The fourth-order valence-corrected chi connectivity index (χ4v) is 29.3. The van der Waals surface area contributed by atoms with Crippen molar-refractivity contribution >= 4 is 34.1 Å². The van der Waals surface area contributed by atoms with Crippen molar-refractivity contribution in [3.05, 3.63) is 469 Å². The molecule has 0 amide bonds. The minimum Gasteiger partial charge on any atom is -0.310 e. The standard InChI is InChI=1S/2C67H55N/c1-66(2)62-20-8-6-18-58(62)60-32-31-57(42-65(60)66)68(55-27-22-46(23-28-55)45-12-4-3-5-13-45)56-29-24-47(25-30-56)48-14-10-15-49(39-48)50-16-11-17-51(40-50)52-26-33-64-61(41-52)59-19-7-9-21-63(59)67(64)53-35-43-34-44(37-53)38-54(67)36-43;1-66(2)62-21-10-8-19-58(62)60-33-32-55(42-65(60)66)68(53-28-23-46(24-29-53)45-13-4-3-5-14-45)54-30-25-47(26-31-54)48-15-12-16-49(40-48)56-17-6-7-18-57(56)50-27-34-64-61(41-50)59-20-9-11-22-63(59)67(64)51-36-43-35-44(38-51)39-52(67)37-43/h3-33,39-44,53-54H,34-38H2,1-2H3;3-34,40-44,51-52H,35-39H2,1-2H3. The zero-order valence-corrected chi connectivity index (χ0v) is 78.0. The summed E-state index contributed by atoms with van der Waals surface area (Å²) in [5, 5.41) is 0. The highest BCUT2D eigenvalue weighted by atomic mass is 15.1. The van der Waals surface area contributed by atoms with Crippen LogP contribution in [0.4, 0.5) is 34.1 Å². The van der Waals surface area contributed by atoms with Gasteiger partial charge in [0.1, 0.15) is 0 Å². The fourth-order valence-electron chi connectivity index (χ4n) is 29.3. The van der Waals surface area contributed by atoms with Gasteiger partial charge in [0.05, 0.1) is 0 Å². The third-order valence-corrected chi connectivity index (χ3v) is 34.9. The number of hydrogen-bond donors (Lipinski definition) is 0. The zero-order chi connectivity index (χ0) is 90.3. The van der Waals surface area contributed by atoms with E-state index in [1.807, 2.05) is 0 Å². The Hall–Kier alpha value is -14.4. The molecule has 12 aliphatic carbocycles. The van der Waals surface area contributed by atoms with Crippen LogP contribution in [0.15, 0.2) is 425 Å². The fraction of sp³-hybridized carbons (Fsp3) is 0.194. The van der Waals surface area contributed by atoms with Gasteiger partial charge in [-0.15, -0.1) is 0 Å². The molecule has 8 bridgehead atoms. The van der Waals surface area contributed by atoms with Crippen molar-refractivity contribution in [2.45, 2.75) is 114 Å². The summed E-state index contributed by atoms with van der Waals surface area (Å²) in [5.74, 6) is 6.90. The van der Waals surface area contributed by atoms with E-state index >= 15 is 0 Å². The van der Waals surface area contributed by atoms with E-state index in [1.54, 1.807) is 22.3 Å². The molecule has 0 unspecified atom stereocenters. The quantitative estimate of drug-likeness (QED) is 0.107. The molecule has 0 aromatic heterocycles. The second kappa shape index (κ2) is 31.6. The van der Waals surface area contributed by atoms with Crippen LogP contribution in [-0.4, -0.2) is 0 Å². The van der Waals surface area contributed by atoms with Crippen LogP contribution in [-0.2, 0) is 21.7 Å². The summed E-state index contributed by atoms with van der Waals surface area (Å²) in [6.07, 6.45) is 14.3. The van der Waals surface area contributed by atoms with E-state index in [9.17, 15) is 0 Å². The predicted octanol–water partition coefficient (Wildman–Crippen LogP) is 35.7. The molecule has 0 saturated heterocycles. The average Bonchev–Trinajstić information content (AvgIpc) is 1.52. The van der Waals surface area contributed by atoms with E-state index in [2.05, 4.69) is 462 Å². The molecule has 18 aromatic carbocycles. The first-order valence-electron chi connectivity index (χ1n) is 50.3. The zero-order valence-electron chi connectivity index (χ0n) is 78.0. The summed E-state index contributed by atoms with van der Waals surface area (Å²) in [6, 6.07) is 160. The van der Waals surface area contributed by atoms with Crippen molar-refractivity contribution < 1.29 is 0 Å². The molecule has 0 aliphatic heterocycles. The maximum Gasteiger partial charge on any atom is 0.0465 e. The molecule has 2 heteroatoms. The van der Waals surface area contributed by atoms with Crippen molar-refractivity contribution in [1.82, 2.24) is 0 Å². The first-order chi connectivity index (χ1) is 66.8. The lowest BCUT2D eigenvalue weighted by atomic mass is 9.43. The van der Waals surface area contributed by atoms with Crippen molar-refractivity contribution in [3.8, 4) is 134 Å². The van der Waals surface area contributed by atoms with Gasteiger partial charge in [0, 0.05) is 55.8 Å². The van der Waals surface area contributed by atoms with Gasteiger partial charge in [0.15, 0.2) is 0 Å². The summed E-state index contributed by atoms with van der Waals surface area (Å²) in [7, 11) is 0. The molecule has 12 aliphatic rings. The van der Waals surface area contributed by atoms with E-state index in [4.69, 9.17) is 0 Å². The Kier molecular flexibility index (Phi) is 18.8. The van der Waals surface area contributed by atoms with Gasteiger partial charge >= 0.3 is 0 Å².